The molecule has 2 rings (SSSR count). The number of aromatic nitrogens is 3. The molecule has 7 heteroatoms. The van der Waals surface area contributed by atoms with Crippen molar-refractivity contribution in [1.82, 2.24) is 15.0 Å². The van der Waals surface area contributed by atoms with E-state index < -0.39 is 0 Å². The molecule has 100 valence electrons. The van der Waals surface area contributed by atoms with Gasteiger partial charge >= 0.3 is 12.0 Å². The van der Waals surface area contributed by atoms with E-state index in [1.807, 2.05) is 30.5 Å². The number of anilines is 1. The number of methoxy groups -OCH3 is 1. The molecule has 2 aromatic rings. The lowest BCUT2D eigenvalue weighted by molar-refractivity contribution is 0.360. The number of thioether (sulfide) groups is 1. The first-order chi connectivity index (χ1) is 9.25. The van der Waals surface area contributed by atoms with Gasteiger partial charge in [0.05, 0.1) is 7.11 Å². The molecular formula is C12H14N4O2S. The quantitative estimate of drug-likeness (QED) is 0.842. The summed E-state index contributed by atoms with van der Waals surface area (Å²) in [4.78, 5) is 13.3. The van der Waals surface area contributed by atoms with Gasteiger partial charge in [0.15, 0.2) is 0 Å². The van der Waals surface area contributed by atoms with Crippen LogP contribution >= 0.6 is 11.8 Å². The summed E-state index contributed by atoms with van der Waals surface area (Å²) in [5.41, 5.74) is 0. The van der Waals surface area contributed by atoms with E-state index in [1.165, 1.54) is 7.11 Å². The Morgan fingerprint density at radius 1 is 1.05 bits per heavy atom. The maximum Gasteiger partial charge on any atom is 0.330 e. The minimum atomic E-state index is 0.188. The zero-order valence-corrected chi connectivity index (χ0v) is 11.7. The third-order valence-electron chi connectivity index (χ3n) is 2.27. The molecule has 1 N–H and O–H groups in total. The summed E-state index contributed by atoms with van der Waals surface area (Å²) in [5.74, 6) is 1.05. The van der Waals surface area contributed by atoms with E-state index in [1.54, 1.807) is 18.8 Å². The Bertz CT molecular complexity index is 526. The molecule has 0 amide bonds. The fraction of sp³-hybridized carbons (Fsp3) is 0.250. The minimum Gasteiger partial charge on any atom is -0.467 e. The Morgan fingerprint density at radius 3 is 2.32 bits per heavy atom. The SMILES string of the molecule is CNc1nc(OC)nc(Oc2ccc(SC)cc2)n1. The van der Waals surface area contributed by atoms with Crippen molar-refractivity contribution in [1.29, 1.82) is 0 Å². The smallest absolute Gasteiger partial charge is 0.330 e. The van der Waals surface area contributed by atoms with Crippen LogP contribution in [0.1, 0.15) is 0 Å². The van der Waals surface area contributed by atoms with E-state index in [9.17, 15) is 0 Å². The predicted octanol–water partition coefficient (Wildman–Crippen LogP) is 2.44. The summed E-state index contributed by atoms with van der Waals surface area (Å²) in [7, 11) is 3.21. The fourth-order valence-electron chi connectivity index (χ4n) is 1.34. The molecule has 19 heavy (non-hydrogen) atoms. The highest BCUT2D eigenvalue weighted by Crippen LogP contribution is 2.23. The average molecular weight is 278 g/mol. The van der Waals surface area contributed by atoms with Gasteiger partial charge in [0.1, 0.15) is 5.75 Å². The van der Waals surface area contributed by atoms with E-state index in [-0.39, 0.29) is 12.0 Å². The van der Waals surface area contributed by atoms with Crippen LogP contribution in [0.15, 0.2) is 29.2 Å². The topological polar surface area (TPSA) is 69.2 Å². The summed E-state index contributed by atoms with van der Waals surface area (Å²) < 4.78 is 10.6. The minimum absolute atomic E-state index is 0.188. The highest BCUT2D eigenvalue weighted by Gasteiger charge is 2.07. The monoisotopic (exact) mass is 278 g/mol. The molecule has 0 unspecified atom stereocenters. The predicted molar refractivity (Wildman–Crippen MR) is 74.2 cm³/mol. The first kappa shape index (κ1) is 13.4. The van der Waals surface area contributed by atoms with Crippen LogP contribution in [0.2, 0.25) is 0 Å². The molecule has 0 spiro atoms. The second-order valence-corrected chi connectivity index (χ2v) is 4.34. The Hall–Kier alpha value is -2.02. The van der Waals surface area contributed by atoms with Crippen molar-refractivity contribution in [2.24, 2.45) is 0 Å². The van der Waals surface area contributed by atoms with Crippen LogP contribution in [-0.4, -0.2) is 35.4 Å². The summed E-state index contributed by atoms with van der Waals surface area (Å²) in [6.07, 6.45) is 2.02. The zero-order valence-electron chi connectivity index (χ0n) is 10.9. The number of nitrogens with zero attached hydrogens (tertiary/aromatic N) is 3. The maximum absolute atomic E-state index is 5.57. The Morgan fingerprint density at radius 2 is 1.74 bits per heavy atom. The van der Waals surface area contributed by atoms with Crippen LogP contribution in [0.25, 0.3) is 0 Å². The average Bonchev–Trinajstić information content (AvgIpc) is 2.47. The standard InChI is InChI=1S/C12H14N4O2S/c1-13-10-14-11(17-2)16-12(15-10)18-8-4-6-9(19-3)7-5-8/h4-7H,1-3H3,(H,13,14,15,16). The summed E-state index contributed by atoms with van der Waals surface area (Å²) >= 11 is 1.67. The van der Waals surface area contributed by atoms with E-state index >= 15 is 0 Å². The van der Waals surface area contributed by atoms with E-state index in [4.69, 9.17) is 9.47 Å². The van der Waals surface area contributed by atoms with Crippen molar-refractivity contribution >= 4 is 17.7 Å². The molecule has 0 saturated heterocycles. The molecule has 0 aliphatic rings. The fourth-order valence-corrected chi connectivity index (χ4v) is 1.74. The van der Waals surface area contributed by atoms with Crippen LogP contribution < -0.4 is 14.8 Å². The first-order valence-corrected chi connectivity index (χ1v) is 6.77. The first-order valence-electron chi connectivity index (χ1n) is 5.55. The van der Waals surface area contributed by atoms with Gasteiger partial charge in [-0.1, -0.05) is 0 Å². The number of benzene rings is 1. The van der Waals surface area contributed by atoms with Gasteiger partial charge < -0.3 is 14.8 Å². The van der Waals surface area contributed by atoms with Crippen molar-refractivity contribution in [3.8, 4) is 17.8 Å². The van der Waals surface area contributed by atoms with Crippen molar-refractivity contribution in [2.45, 2.75) is 4.90 Å². The molecule has 1 aromatic heterocycles. The van der Waals surface area contributed by atoms with Gasteiger partial charge in [0, 0.05) is 11.9 Å². The summed E-state index contributed by atoms with van der Waals surface area (Å²) in [6.45, 7) is 0. The van der Waals surface area contributed by atoms with Gasteiger partial charge in [-0.25, -0.2) is 0 Å². The molecule has 6 nitrogen and oxygen atoms in total. The lowest BCUT2D eigenvalue weighted by Gasteiger charge is -2.07. The number of rotatable bonds is 5. The van der Waals surface area contributed by atoms with Gasteiger partial charge in [-0.05, 0) is 30.5 Å². The van der Waals surface area contributed by atoms with E-state index in [0.29, 0.717) is 11.7 Å². The van der Waals surface area contributed by atoms with Crippen LogP contribution in [0.3, 0.4) is 0 Å². The van der Waals surface area contributed by atoms with E-state index in [2.05, 4.69) is 20.3 Å². The van der Waals surface area contributed by atoms with Gasteiger partial charge in [-0.2, -0.15) is 9.97 Å². The molecule has 0 fully saturated rings. The second kappa shape index (κ2) is 6.24. The van der Waals surface area contributed by atoms with Crippen LogP contribution in [-0.2, 0) is 0 Å². The van der Waals surface area contributed by atoms with Crippen molar-refractivity contribution in [2.75, 3.05) is 25.7 Å². The molecule has 0 radical (unpaired) electrons. The Balaban J connectivity index is 2.21. The largest absolute Gasteiger partial charge is 0.467 e. The van der Waals surface area contributed by atoms with Crippen LogP contribution in [0, 0.1) is 0 Å². The summed E-state index contributed by atoms with van der Waals surface area (Å²) in [6, 6.07) is 8.06. The summed E-state index contributed by atoms with van der Waals surface area (Å²) in [5, 5.41) is 2.82. The van der Waals surface area contributed by atoms with Crippen LogP contribution in [0.4, 0.5) is 5.95 Å². The Kier molecular flexibility index (Phi) is 4.40. The lowest BCUT2D eigenvalue weighted by atomic mass is 10.3. The molecular weight excluding hydrogens is 264 g/mol. The maximum atomic E-state index is 5.57. The number of nitrogens with one attached hydrogen (secondary N) is 1. The molecule has 0 saturated carbocycles. The normalized spacial score (nSPS) is 10.1. The van der Waals surface area contributed by atoms with E-state index in [0.717, 1.165) is 4.90 Å². The van der Waals surface area contributed by atoms with Gasteiger partial charge in [-0.3, -0.25) is 0 Å². The van der Waals surface area contributed by atoms with Gasteiger partial charge in [-0.15, -0.1) is 16.7 Å². The molecule has 0 bridgehead atoms. The van der Waals surface area contributed by atoms with Crippen molar-refractivity contribution in [3.05, 3.63) is 24.3 Å². The highest BCUT2D eigenvalue weighted by molar-refractivity contribution is 7.98. The van der Waals surface area contributed by atoms with Gasteiger partial charge in [0.2, 0.25) is 5.95 Å². The zero-order chi connectivity index (χ0) is 13.7. The number of hydrogen-bond acceptors (Lipinski definition) is 7. The molecule has 1 aromatic carbocycles. The number of ether oxygens (including phenoxy) is 2. The molecule has 1 heterocycles. The van der Waals surface area contributed by atoms with Crippen molar-refractivity contribution in [3.63, 3.8) is 0 Å². The van der Waals surface area contributed by atoms with Crippen LogP contribution in [0.5, 0.6) is 17.8 Å². The Labute approximate surface area is 115 Å². The third-order valence-corrected chi connectivity index (χ3v) is 3.01. The highest BCUT2D eigenvalue weighted by atomic mass is 32.2. The van der Waals surface area contributed by atoms with Gasteiger partial charge in [0.25, 0.3) is 0 Å². The number of hydrogen-bond donors (Lipinski definition) is 1. The molecule has 0 aliphatic heterocycles. The second-order valence-electron chi connectivity index (χ2n) is 3.46. The molecule has 0 atom stereocenters. The molecule has 0 aliphatic carbocycles. The third kappa shape index (κ3) is 3.47. The lowest BCUT2D eigenvalue weighted by Crippen LogP contribution is -2.03. The van der Waals surface area contributed by atoms with Crippen molar-refractivity contribution < 1.29 is 9.47 Å².